The minimum Gasteiger partial charge on any atom is -0.293 e. The molecular weight excluding hydrogens is 298 g/mol. The Hall–Kier alpha value is -1.39. The second-order valence-electron chi connectivity index (χ2n) is 4.83. The quantitative estimate of drug-likeness (QED) is 0.433. The van der Waals surface area contributed by atoms with Gasteiger partial charge in [0.05, 0.1) is 4.91 Å². The number of carbonyl (C=O) groups is 1. The molecule has 1 aromatic rings. The van der Waals surface area contributed by atoms with Gasteiger partial charge in [0.2, 0.25) is 0 Å². The minimum atomic E-state index is 0.0406. The van der Waals surface area contributed by atoms with Crippen molar-refractivity contribution in [3.05, 3.63) is 53.0 Å². The van der Waals surface area contributed by atoms with Crippen molar-refractivity contribution in [2.45, 2.75) is 26.2 Å². The van der Waals surface area contributed by atoms with Gasteiger partial charge < -0.3 is 0 Å². The maximum absolute atomic E-state index is 12.3. The molecule has 0 bridgehead atoms. The van der Waals surface area contributed by atoms with Crippen molar-refractivity contribution < 1.29 is 4.79 Å². The summed E-state index contributed by atoms with van der Waals surface area (Å²) in [4.78, 5) is 14.7. The molecule has 0 aliphatic carbocycles. The Morgan fingerprint density at radius 1 is 1.24 bits per heavy atom. The standard InChI is InChI=1S/C17H19NOS2/c1-2-3-7-13-18-16(19)15(21-17(18)20)12-8-11-14-9-5-4-6-10-14/h4-6,8-12H,2-3,7,13H2,1H3/b11-8+,15-12-. The summed E-state index contributed by atoms with van der Waals surface area (Å²) in [6.07, 6.45) is 9.04. The number of thiocarbonyl (C=S) groups is 1. The van der Waals surface area contributed by atoms with Crippen molar-refractivity contribution in [3.8, 4) is 0 Å². The summed E-state index contributed by atoms with van der Waals surface area (Å²) >= 11 is 6.68. The maximum atomic E-state index is 12.3. The summed E-state index contributed by atoms with van der Waals surface area (Å²) in [7, 11) is 0. The van der Waals surface area contributed by atoms with Gasteiger partial charge in [-0.2, -0.15) is 0 Å². The number of thioether (sulfide) groups is 1. The van der Waals surface area contributed by atoms with E-state index in [1.165, 1.54) is 11.8 Å². The molecule has 0 unspecified atom stereocenters. The molecule has 1 heterocycles. The second kappa shape index (κ2) is 8.15. The molecule has 0 N–H and O–H groups in total. The zero-order valence-electron chi connectivity index (χ0n) is 12.1. The molecule has 0 aromatic heterocycles. The average Bonchev–Trinajstić information content (AvgIpc) is 2.76. The predicted molar refractivity (Wildman–Crippen MR) is 95.0 cm³/mol. The number of carbonyl (C=O) groups excluding carboxylic acids is 1. The van der Waals surface area contributed by atoms with Crippen LogP contribution in [0.5, 0.6) is 0 Å². The highest BCUT2D eigenvalue weighted by atomic mass is 32.2. The Labute approximate surface area is 135 Å². The van der Waals surface area contributed by atoms with Crippen LogP contribution in [0.4, 0.5) is 0 Å². The lowest BCUT2D eigenvalue weighted by molar-refractivity contribution is -0.122. The molecule has 1 aliphatic heterocycles. The number of allylic oxidation sites excluding steroid dienone is 2. The van der Waals surface area contributed by atoms with Crippen molar-refractivity contribution in [2.75, 3.05) is 6.54 Å². The van der Waals surface area contributed by atoms with E-state index < -0.39 is 0 Å². The lowest BCUT2D eigenvalue weighted by Crippen LogP contribution is -2.28. The van der Waals surface area contributed by atoms with Gasteiger partial charge in [-0.05, 0) is 18.1 Å². The van der Waals surface area contributed by atoms with Gasteiger partial charge in [-0.1, -0.05) is 86.2 Å². The van der Waals surface area contributed by atoms with Gasteiger partial charge in [-0.3, -0.25) is 9.69 Å². The fraction of sp³-hybridized carbons (Fsp3) is 0.294. The van der Waals surface area contributed by atoms with Crippen LogP contribution in [0.2, 0.25) is 0 Å². The van der Waals surface area contributed by atoms with Crippen LogP contribution in [0.15, 0.2) is 47.4 Å². The molecule has 1 fully saturated rings. The van der Waals surface area contributed by atoms with E-state index in [4.69, 9.17) is 12.2 Å². The van der Waals surface area contributed by atoms with Crippen molar-refractivity contribution in [1.29, 1.82) is 0 Å². The number of amides is 1. The Morgan fingerprint density at radius 2 is 2.00 bits per heavy atom. The maximum Gasteiger partial charge on any atom is 0.266 e. The topological polar surface area (TPSA) is 20.3 Å². The number of nitrogens with zero attached hydrogens (tertiary/aromatic N) is 1. The number of benzene rings is 1. The first-order valence-corrected chi connectivity index (χ1v) is 8.42. The third kappa shape index (κ3) is 4.55. The fourth-order valence-electron chi connectivity index (χ4n) is 2.04. The first-order valence-electron chi connectivity index (χ1n) is 7.19. The average molecular weight is 317 g/mol. The molecule has 2 nitrogen and oxygen atoms in total. The lowest BCUT2D eigenvalue weighted by Gasteiger charge is -2.13. The summed E-state index contributed by atoms with van der Waals surface area (Å²) in [6, 6.07) is 10.0. The zero-order chi connectivity index (χ0) is 15.1. The van der Waals surface area contributed by atoms with Gasteiger partial charge in [0.25, 0.3) is 5.91 Å². The van der Waals surface area contributed by atoms with E-state index in [9.17, 15) is 4.79 Å². The van der Waals surface area contributed by atoms with Gasteiger partial charge in [-0.25, -0.2) is 0 Å². The van der Waals surface area contributed by atoms with Crippen molar-refractivity contribution in [3.63, 3.8) is 0 Å². The van der Waals surface area contributed by atoms with Crippen molar-refractivity contribution in [2.24, 2.45) is 0 Å². The van der Waals surface area contributed by atoms with Crippen LogP contribution < -0.4 is 0 Å². The predicted octanol–water partition coefficient (Wildman–Crippen LogP) is 4.63. The Morgan fingerprint density at radius 3 is 2.71 bits per heavy atom. The van der Waals surface area contributed by atoms with Crippen LogP contribution in [0.25, 0.3) is 6.08 Å². The highest BCUT2D eigenvalue weighted by Gasteiger charge is 2.30. The van der Waals surface area contributed by atoms with Crippen LogP contribution in [0.1, 0.15) is 31.7 Å². The minimum absolute atomic E-state index is 0.0406. The SMILES string of the molecule is CCCCCN1C(=O)/C(=C/C=C/c2ccccc2)SC1=S. The molecule has 0 atom stereocenters. The van der Waals surface area contributed by atoms with E-state index in [2.05, 4.69) is 6.92 Å². The molecule has 0 spiro atoms. The third-order valence-corrected chi connectivity index (χ3v) is 4.59. The van der Waals surface area contributed by atoms with Crippen LogP contribution in [0, 0.1) is 0 Å². The first kappa shape index (κ1) is 16.0. The number of hydrogen-bond donors (Lipinski definition) is 0. The summed E-state index contributed by atoms with van der Waals surface area (Å²) in [6.45, 7) is 2.89. The largest absolute Gasteiger partial charge is 0.293 e. The van der Waals surface area contributed by atoms with Crippen molar-refractivity contribution >= 4 is 40.3 Å². The first-order chi connectivity index (χ1) is 10.2. The number of hydrogen-bond acceptors (Lipinski definition) is 3. The highest BCUT2D eigenvalue weighted by molar-refractivity contribution is 8.26. The highest BCUT2D eigenvalue weighted by Crippen LogP contribution is 2.31. The molecule has 0 saturated carbocycles. The summed E-state index contributed by atoms with van der Waals surface area (Å²) < 4.78 is 0.676. The van der Waals surface area contributed by atoms with E-state index >= 15 is 0 Å². The normalized spacial score (nSPS) is 17.4. The summed E-state index contributed by atoms with van der Waals surface area (Å²) in [5.74, 6) is 0.0406. The molecule has 1 aromatic carbocycles. The van der Waals surface area contributed by atoms with E-state index in [1.807, 2.05) is 48.6 Å². The number of rotatable bonds is 6. The molecule has 2 rings (SSSR count). The summed E-state index contributed by atoms with van der Waals surface area (Å²) in [5.41, 5.74) is 1.12. The van der Waals surface area contributed by atoms with Gasteiger partial charge in [0.15, 0.2) is 0 Å². The zero-order valence-corrected chi connectivity index (χ0v) is 13.8. The molecule has 4 heteroatoms. The van der Waals surface area contributed by atoms with E-state index in [0.717, 1.165) is 31.4 Å². The van der Waals surface area contributed by atoms with Crippen LogP contribution in [-0.2, 0) is 4.79 Å². The molecule has 21 heavy (non-hydrogen) atoms. The van der Waals surface area contributed by atoms with Crippen LogP contribution >= 0.6 is 24.0 Å². The smallest absolute Gasteiger partial charge is 0.266 e. The Kier molecular flexibility index (Phi) is 6.21. The molecule has 110 valence electrons. The van der Waals surface area contributed by atoms with Crippen LogP contribution in [0.3, 0.4) is 0 Å². The second-order valence-corrected chi connectivity index (χ2v) is 6.51. The van der Waals surface area contributed by atoms with Crippen molar-refractivity contribution in [1.82, 2.24) is 4.90 Å². The fourth-order valence-corrected chi connectivity index (χ4v) is 3.30. The van der Waals surface area contributed by atoms with Gasteiger partial charge in [0.1, 0.15) is 4.32 Å². The van der Waals surface area contributed by atoms with Crippen LogP contribution in [-0.4, -0.2) is 21.7 Å². The van der Waals surface area contributed by atoms with Gasteiger partial charge in [-0.15, -0.1) is 0 Å². The van der Waals surface area contributed by atoms with Gasteiger partial charge >= 0.3 is 0 Å². The van der Waals surface area contributed by atoms with E-state index in [-0.39, 0.29) is 5.91 Å². The molecule has 1 aliphatic rings. The third-order valence-electron chi connectivity index (χ3n) is 3.19. The summed E-state index contributed by atoms with van der Waals surface area (Å²) in [5, 5.41) is 0. The van der Waals surface area contributed by atoms with E-state index in [0.29, 0.717) is 9.23 Å². The molecular formula is C17H19NOS2. The van der Waals surface area contributed by atoms with Gasteiger partial charge in [0, 0.05) is 6.54 Å². The molecule has 1 amide bonds. The Balaban J connectivity index is 1.98. The Bertz CT molecular complexity index is 563. The van der Waals surface area contributed by atoms with E-state index in [1.54, 1.807) is 4.90 Å². The number of unbranched alkanes of at least 4 members (excludes halogenated alkanes) is 2. The molecule has 1 saturated heterocycles. The lowest BCUT2D eigenvalue weighted by atomic mass is 10.2. The monoisotopic (exact) mass is 317 g/mol. The molecule has 0 radical (unpaired) electrons.